The Kier molecular flexibility index (Phi) is 5.06. The van der Waals surface area contributed by atoms with Crippen molar-refractivity contribution in [1.29, 1.82) is 0 Å². The number of rotatable bonds is 6. The minimum absolute atomic E-state index is 0.655. The van der Waals surface area contributed by atoms with Gasteiger partial charge in [0.15, 0.2) is 0 Å². The standard InChI is InChI=1S/C16H25NO/c1-13(14-7-3-4-8-14)17-12-11-15-9-5-6-10-16(15)18-2/h5-6,9-10,13-14,17H,3-4,7-8,11-12H2,1-2H3. The summed E-state index contributed by atoms with van der Waals surface area (Å²) in [6.07, 6.45) is 6.69. The van der Waals surface area contributed by atoms with Crippen molar-refractivity contribution in [3.05, 3.63) is 29.8 Å². The minimum atomic E-state index is 0.655. The van der Waals surface area contributed by atoms with Gasteiger partial charge in [-0.1, -0.05) is 31.0 Å². The lowest BCUT2D eigenvalue weighted by atomic mass is 9.99. The molecule has 2 rings (SSSR count). The van der Waals surface area contributed by atoms with E-state index in [-0.39, 0.29) is 0 Å². The molecule has 1 aliphatic rings. The van der Waals surface area contributed by atoms with E-state index in [9.17, 15) is 0 Å². The van der Waals surface area contributed by atoms with Gasteiger partial charge in [0.2, 0.25) is 0 Å². The Labute approximate surface area is 111 Å². The van der Waals surface area contributed by atoms with Crippen molar-refractivity contribution in [3.8, 4) is 5.75 Å². The number of para-hydroxylation sites is 1. The van der Waals surface area contributed by atoms with Crippen LogP contribution in [0.4, 0.5) is 0 Å². The molecule has 0 amide bonds. The topological polar surface area (TPSA) is 21.3 Å². The third kappa shape index (κ3) is 3.49. The van der Waals surface area contributed by atoms with Crippen molar-refractivity contribution in [1.82, 2.24) is 5.32 Å². The smallest absolute Gasteiger partial charge is 0.122 e. The quantitative estimate of drug-likeness (QED) is 0.832. The Morgan fingerprint density at radius 3 is 2.72 bits per heavy atom. The molecule has 1 fully saturated rings. The maximum absolute atomic E-state index is 5.37. The van der Waals surface area contributed by atoms with Gasteiger partial charge in [-0.05, 0) is 50.3 Å². The second-order valence-electron chi connectivity index (χ2n) is 5.35. The third-order valence-electron chi connectivity index (χ3n) is 4.16. The number of nitrogens with one attached hydrogen (secondary N) is 1. The van der Waals surface area contributed by atoms with Gasteiger partial charge in [0.1, 0.15) is 5.75 Å². The van der Waals surface area contributed by atoms with Crippen LogP contribution in [0.15, 0.2) is 24.3 Å². The second-order valence-corrected chi connectivity index (χ2v) is 5.35. The van der Waals surface area contributed by atoms with E-state index in [0.29, 0.717) is 6.04 Å². The predicted octanol–water partition coefficient (Wildman–Crippen LogP) is 3.41. The molecule has 1 aliphatic carbocycles. The first-order valence-electron chi connectivity index (χ1n) is 7.16. The first kappa shape index (κ1) is 13.4. The van der Waals surface area contributed by atoms with Crippen molar-refractivity contribution in [2.75, 3.05) is 13.7 Å². The molecule has 0 aromatic heterocycles. The fraction of sp³-hybridized carbons (Fsp3) is 0.625. The summed E-state index contributed by atoms with van der Waals surface area (Å²) in [5.74, 6) is 1.90. The summed E-state index contributed by atoms with van der Waals surface area (Å²) in [6, 6.07) is 8.95. The van der Waals surface area contributed by atoms with E-state index in [1.807, 2.05) is 12.1 Å². The van der Waals surface area contributed by atoms with Gasteiger partial charge in [-0.3, -0.25) is 0 Å². The van der Waals surface area contributed by atoms with E-state index < -0.39 is 0 Å². The fourth-order valence-corrected chi connectivity index (χ4v) is 2.97. The first-order chi connectivity index (χ1) is 8.81. The third-order valence-corrected chi connectivity index (χ3v) is 4.16. The molecule has 1 aromatic carbocycles. The van der Waals surface area contributed by atoms with Crippen LogP contribution < -0.4 is 10.1 Å². The zero-order valence-electron chi connectivity index (χ0n) is 11.6. The summed E-state index contributed by atoms with van der Waals surface area (Å²) >= 11 is 0. The SMILES string of the molecule is COc1ccccc1CCNC(C)C1CCCC1. The molecule has 1 unspecified atom stereocenters. The maximum Gasteiger partial charge on any atom is 0.122 e. The molecule has 0 heterocycles. The summed E-state index contributed by atoms with van der Waals surface area (Å²) in [7, 11) is 1.74. The maximum atomic E-state index is 5.37. The number of benzene rings is 1. The summed E-state index contributed by atoms with van der Waals surface area (Å²) in [4.78, 5) is 0. The van der Waals surface area contributed by atoms with E-state index in [1.54, 1.807) is 7.11 Å². The molecule has 100 valence electrons. The molecule has 0 spiro atoms. The molecule has 2 nitrogen and oxygen atoms in total. The largest absolute Gasteiger partial charge is 0.496 e. The fourth-order valence-electron chi connectivity index (χ4n) is 2.97. The zero-order chi connectivity index (χ0) is 12.8. The van der Waals surface area contributed by atoms with Gasteiger partial charge in [-0.25, -0.2) is 0 Å². The van der Waals surface area contributed by atoms with Crippen LogP contribution in [0.1, 0.15) is 38.2 Å². The van der Waals surface area contributed by atoms with Gasteiger partial charge < -0.3 is 10.1 Å². The average Bonchev–Trinajstić information content (AvgIpc) is 2.93. The molecule has 2 heteroatoms. The summed E-state index contributed by atoms with van der Waals surface area (Å²) in [5, 5.41) is 3.67. The molecule has 18 heavy (non-hydrogen) atoms. The second kappa shape index (κ2) is 6.79. The Bertz CT molecular complexity index is 358. The van der Waals surface area contributed by atoms with Crippen molar-refractivity contribution >= 4 is 0 Å². The zero-order valence-corrected chi connectivity index (χ0v) is 11.6. The summed E-state index contributed by atoms with van der Waals surface area (Å²) in [6.45, 7) is 3.37. The van der Waals surface area contributed by atoms with Crippen LogP contribution in [0.2, 0.25) is 0 Å². The summed E-state index contributed by atoms with van der Waals surface area (Å²) < 4.78 is 5.37. The number of ether oxygens (including phenoxy) is 1. The molecular formula is C16H25NO. The van der Waals surface area contributed by atoms with Gasteiger partial charge in [0.05, 0.1) is 7.11 Å². The van der Waals surface area contributed by atoms with Crippen LogP contribution in [0.3, 0.4) is 0 Å². The Morgan fingerprint density at radius 2 is 2.00 bits per heavy atom. The predicted molar refractivity (Wildman–Crippen MR) is 76.1 cm³/mol. The van der Waals surface area contributed by atoms with Gasteiger partial charge >= 0.3 is 0 Å². The number of hydrogen-bond acceptors (Lipinski definition) is 2. The summed E-state index contributed by atoms with van der Waals surface area (Å²) in [5.41, 5.74) is 1.30. The Morgan fingerprint density at radius 1 is 1.28 bits per heavy atom. The van der Waals surface area contributed by atoms with Crippen molar-refractivity contribution < 1.29 is 4.74 Å². The Balaban J connectivity index is 1.77. The monoisotopic (exact) mass is 247 g/mol. The van der Waals surface area contributed by atoms with Crippen LogP contribution in [0, 0.1) is 5.92 Å². The van der Waals surface area contributed by atoms with Gasteiger partial charge in [0.25, 0.3) is 0 Å². The first-order valence-corrected chi connectivity index (χ1v) is 7.16. The van der Waals surface area contributed by atoms with Crippen molar-refractivity contribution in [2.24, 2.45) is 5.92 Å². The van der Waals surface area contributed by atoms with Gasteiger partial charge in [-0.2, -0.15) is 0 Å². The van der Waals surface area contributed by atoms with Crippen LogP contribution in [-0.2, 0) is 6.42 Å². The van der Waals surface area contributed by atoms with Crippen molar-refractivity contribution in [3.63, 3.8) is 0 Å². The van der Waals surface area contributed by atoms with Crippen LogP contribution in [0.5, 0.6) is 5.75 Å². The van der Waals surface area contributed by atoms with Crippen LogP contribution in [-0.4, -0.2) is 19.7 Å². The molecule has 0 bridgehead atoms. The highest BCUT2D eigenvalue weighted by Crippen LogP contribution is 2.27. The number of methoxy groups -OCH3 is 1. The average molecular weight is 247 g/mol. The molecule has 0 saturated heterocycles. The lowest BCUT2D eigenvalue weighted by Gasteiger charge is -2.20. The highest BCUT2D eigenvalue weighted by molar-refractivity contribution is 5.33. The highest BCUT2D eigenvalue weighted by atomic mass is 16.5. The van der Waals surface area contributed by atoms with E-state index in [4.69, 9.17) is 4.74 Å². The van der Waals surface area contributed by atoms with Gasteiger partial charge in [-0.15, -0.1) is 0 Å². The molecule has 0 aliphatic heterocycles. The Hall–Kier alpha value is -1.02. The normalized spacial score (nSPS) is 17.9. The van der Waals surface area contributed by atoms with E-state index in [0.717, 1.165) is 24.6 Å². The van der Waals surface area contributed by atoms with E-state index in [1.165, 1.54) is 31.2 Å². The molecular weight excluding hydrogens is 222 g/mol. The van der Waals surface area contributed by atoms with Gasteiger partial charge in [0, 0.05) is 6.04 Å². The minimum Gasteiger partial charge on any atom is -0.496 e. The number of hydrogen-bond donors (Lipinski definition) is 1. The van der Waals surface area contributed by atoms with Crippen LogP contribution in [0.25, 0.3) is 0 Å². The van der Waals surface area contributed by atoms with E-state index >= 15 is 0 Å². The molecule has 1 saturated carbocycles. The van der Waals surface area contributed by atoms with E-state index in [2.05, 4.69) is 24.4 Å². The molecule has 0 radical (unpaired) electrons. The van der Waals surface area contributed by atoms with Crippen molar-refractivity contribution in [2.45, 2.75) is 45.1 Å². The highest BCUT2D eigenvalue weighted by Gasteiger charge is 2.20. The lowest BCUT2D eigenvalue weighted by molar-refractivity contribution is 0.380. The molecule has 1 N–H and O–H groups in total. The molecule has 1 aromatic rings. The van der Waals surface area contributed by atoms with Crippen LogP contribution >= 0.6 is 0 Å². The lowest BCUT2D eigenvalue weighted by Crippen LogP contribution is -2.33. The molecule has 1 atom stereocenters.